The molecule has 0 amide bonds. The quantitative estimate of drug-likeness (QED) is 0.810. The third kappa shape index (κ3) is 2.34. The predicted octanol–water partition coefficient (Wildman–Crippen LogP) is 4.82. The van der Waals surface area contributed by atoms with Gasteiger partial charge in [-0.2, -0.15) is 0 Å². The van der Waals surface area contributed by atoms with Crippen LogP contribution in [0.15, 0.2) is 42.5 Å². The lowest BCUT2D eigenvalue weighted by Crippen LogP contribution is -2.46. The van der Waals surface area contributed by atoms with Gasteiger partial charge < -0.3 is 10.2 Å². The van der Waals surface area contributed by atoms with E-state index < -0.39 is 5.82 Å². The summed E-state index contributed by atoms with van der Waals surface area (Å²) in [5, 5.41) is 3.66. The van der Waals surface area contributed by atoms with Crippen molar-refractivity contribution >= 4 is 28.7 Å². The van der Waals surface area contributed by atoms with Crippen LogP contribution in [0.5, 0.6) is 0 Å². The lowest BCUT2D eigenvalue weighted by Gasteiger charge is -2.42. The van der Waals surface area contributed by atoms with Crippen molar-refractivity contribution in [2.24, 2.45) is 0 Å². The molecule has 0 unspecified atom stereocenters. The second-order valence-corrected chi connectivity index (χ2v) is 6.12. The zero-order chi connectivity index (χ0) is 14.3. The first-order valence-corrected chi connectivity index (χ1v) is 6.94. The number of halogens is 2. The monoisotopic (exact) mass is 290 g/mol. The number of nitrogens with zero attached hydrogens (tertiary/aromatic N) is 1. The summed E-state index contributed by atoms with van der Waals surface area (Å²) in [6, 6.07) is 13.0. The summed E-state index contributed by atoms with van der Waals surface area (Å²) >= 11 is 5.91. The fourth-order valence-corrected chi connectivity index (χ4v) is 2.76. The Morgan fingerprint density at radius 3 is 2.70 bits per heavy atom. The minimum atomic E-state index is -0.391. The van der Waals surface area contributed by atoms with E-state index >= 15 is 0 Å². The van der Waals surface area contributed by atoms with Gasteiger partial charge in [-0.15, -0.1) is 0 Å². The first-order valence-electron chi connectivity index (χ1n) is 6.56. The third-order valence-corrected chi connectivity index (χ3v) is 3.73. The van der Waals surface area contributed by atoms with Crippen LogP contribution in [0.1, 0.15) is 13.8 Å². The summed E-state index contributed by atoms with van der Waals surface area (Å²) in [5.74, 6) is -0.391. The second-order valence-electron chi connectivity index (χ2n) is 5.71. The van der Waals surface area contributed by atoms with Crippen LogP contribution in [0.3, 0.4) is 0 Å². The van der Waals surface area contributed by atoms with Gasteiger partial charge in [-0.1, -0.05) is 23.7 Å². The molecule has 2 aromatic carbocycles. The number of hydrogen-bond donors (Lipinski definition) is 1. The minimum Gasteiger partial charge on any atom is -0.377 e. The lowest BCUT2D eigenvalue weighted by atomic mass is 9.98. The molecule has 1 N–H and O–H groups in total. The first-order chi connectivity index (χ1) is 9.46. The van der Waals surface area contributed by atoms with Crippen LogP contribution >= 0.6 is 11.6 Å². The van der Waals surface area contributed by atoms with E-state index in [-0.39, 0.29) is 10.6 Å². The zero-order valence-corrected chi connectivity index (χ0v) is 12.2. The van der Waals surface area contributed by atoms with Crippen molar-refractivity contribution < 1.29 is 4.39 Å². The standard InChI is InChI=1S/C16H16ClFN2/c1-16(2)10-20(11-7-8-13(18)12(17)9-11)15-6-4-3-5-14(15)19-16/h3-9,19H,10H2,1-2H3. The molecule has 104 valence electrons. The summed E-state index contributed by atoms with van der Waals surface area (Å²) in [5.41, 5.74) is 2.98. The van der Waals surface area contributed by atoms with E-state index in [1.54, 1.807) is 12.1 Å². The highest BCUT2D eigenvalue weighted by molar-refractivity contribution is 6.31. The van der Waals surface area contributed by atoms with Crippen molar-refractivity contribution in [3.63, 3.8) is 0 Å². The van der Waals surface area contributed by atoms with Gasteiger partial charge in [0.25, 0.3) is 0 Å². The molecular weight excluding hydrogens is 275 g/mol. The van der Waals surface area contributed by atoms with E-state index in [0.29, 0.717) is 0 Å². The molecular formula is C16H16ClFN2. The first kappa shape index (κ1) is 13.3. The van der Waals surface area contributed by atoms with Crippen LogP contribution in [0.4, 0.5) is 21.5 Å². The largest absolute Gasteiger partial charge is 0.377 e. The molecule has 1 heterocycles. The van der Waals surface area contributed by atoms with Crippen LogP contribution < -0.4 is 10.2 Å². The molecule has 1 aliphatic rings. The smallest absolute Gasteiger partial charge is 0.141 e. The predicted molar refractivity (Wildman–Crippen MR) is 82.6 cm³/mol. The SMILES string of the molecule is CC1(C)CN(c2ccc(F)c(Cl)c2)c2ccccc2N1. The molecule has 2 nitrogen and oxygen atoms in total. The normalized spacial score (nSPS) is 16.5. The Bertz CT molecular complexity index is 655. The van der Waals surface area contributed by atoms with Crippen molar-refractivity contribution in [3.8, 4) is 0 Å². The van der Waals surface area contributed by atoms with Crippen LogP contribution in [0, 0.1) is 5.82 Å². The Hall–Kier alpha value is -1.74. The minimum absolute atomic E-state index is 0.0742. The summed E-state index contributed by atoms with van der Waals surface area (Å²) in [6.07, 6.45) is 0. The lowest BCUT2D eigenvalue weighted by molar-refractivity contribution is 0.559. The number of para-hydroxylation sites is 2. The van der Waals surface area contributed by atoms with Crippen molar-refractivity contribution in [1.82, 2.24) is 0 Å². The second kappa shape index (κ2) is 4.67. The van der Waals surface area contributed by atoms with E-state index in [1.165, 1.54) is 6.07 Å². The average Bonchev–Trinajstić information content (AvgIpc) is 2.40. The molecule has 3 rings (SSSR count). The van der Waals surface area contributed by atoms with Crippen molar-refractivity contribution in [2.45, 2.75) is 19.4 Å². The molecule has 4 heteroatoms. The molecule has 0 fully saturated rings. The molecule has 0 aromatic heterocycles. The maximum absolute atomic E-state index is 13.4. The van der Waals surface area contributed by atoms with E-state index in [2.05, 4.69) is 30.1 Å². The summed E-state index contributed by atoms with van der Waals surface area (Å²) in [7, 11) is 0. The van der Waals surface area contributed by atoms with Gasteiger partial charge in [-0.25, -0.2) is 4.39 Å². The molecule has 0 bridgehead atoms. The van der Waals surface area contributed by atoms with E-state index in [9.17, 15) is 4.39 Å². The number of rotatable bonds is 1. The summed E-state index contributed by atoms with van der Waals surface area (Å²) in [6.45, 7) is 5.06. The van der Waals surface area contributed by atoms with Crippen molar-refractivity contribution in [3.05, 3.63) is 53.3 Å². The van der Waals surface area contributed by atoms with Gasteiger partial charge in [-0.3, -0.25) is 0 Å². The third-order valence-electron chi connectivity index (χ3n) is 3.44. The highest BCUT2D eigenvalue weighted by Gasteiger charge is 2.30. The Balaban J connectivity index is 2.10. The molecule has 2 aromatic rings. The van der Waals surface area contributed by atoms with Crippen LogP contribution in [0.2, 0.25) is 5.02 Å². The van der Waals surface area contributed by atoms with Gasteiger partial charge in [0.15, 0.2) is 0 Å². The zero-order valence-electron chi connectivity index (χ0n) is 11.5. The number of anilines is 3. The fraction of sp³-hybridized carbons (Fsp3) is 0.250. The van der Waals surface area contributed by atoms with Gasteiger partial charge in [-0.05, 0) is 44.2 Å². The highest BCUT2D eigenvalue weighted by Crippen LogP contribution is 2.39. The Kier molecular flexibility index (Phi) is 3.09. The van der Waals surface area contributed by atoms with Crippen molar-refractivity contribution in [2.75, 3.05) is 16.8 Å². The molecule has 0 saturated heterocycles. The Morgan fingerprint density at radius 1 is 1.20 bits per heavy atom. The Labute approximate surface area is 123 Å². The van der Waals surface area contributed by atoms with Gasteiger partial charge in [0.05, 0.1) is 16.4 Å². The average molecular weight is 291 g/mol. The van der Waals surface area contributed by atoms with E-state index in [4.69, 9.17) is 11.6 Å². The topological polar surface area (TPSA) is 15.3 Å². The van der Waals surface area contributed by atoms with E-state index in [0.717, 1.165) is 23.6 Å². The van der Waals surface area contributed by atoms with Crippen LogP contribution in [0.25, 0.3) is 0 Å². The molecule has 20 heavy (non-hydrogen) atoms. The summed E-state index contributed by atoms with van der Waals surface area (Å²) < 4.78 is 13.4. The number of hydrogen-bond acceptors (Lipinski definition) is 2. The molecule has 1 aliphatic heterocycles. The molecule has 0 spiro atoms. The summed E-state index contributed by atoms with van der Waals surface area (Å²) in [4.78, 5) is 2.16. The fourth-order valence-electron chi connectivity index (χ4n) is 2.58. The van der Waals surface area contributed by atoms with Gasteiger partial charge >= 0.3 is 0 Å². The molecule has 0 saturated carbocycles. The number of nitrogens with one attached hydrogen (secondary N) is 1. The molecule has 0 radical (unpaired) electrons. The van der Waals surface area contributed by atoms with Gasteiger partial charge in [0.2, 0.25) is 0 Å². The van der Waals surface area contributed by atoms with E-state index in [1.807, 2.05) is 18.2 Å². The Morgan fingerprint density at radius 2 is 1.95 bits per heavy atom. The maximum atomic E-state index is 13.4. The van der Waals surface area contributed by atoms with Crippen molar-refractivity contribution in [1.29, 1.82) is 0 Å². The van der Waals surface area contributed by atoms with Crippen LogP contribution in [-0.4, -0.2) is 12.1 Å². The number of fused-ring (bicyclic) bond motifs is 1. The molecule has 0 atom stereocenters. The highest BCUT2D eigenvalue weighted by atomic mass is 35.5. The number of benzene rings is 2. The van der Waals surface area contributed by atoms with Gasteiger partial charge in [0.1, 0.15) is 5.82 Å². The maximum Gasteiger partial charge on any atom is 0.141 e. The van der Waals surface area contributed by atoms with Gasteiger partial charge in [0, 0.05) is 17.8 Å². The molecule has 0 aliphatic carbocycles. The van der Waals surface area contributed by atoms with Crippen LogP contribution in [-0.2, 0) is 0 Å².